The minimum Gasteiger partial charge on any atom is -0.497 e. The van der Waals surface area contributed by atoms with Crippen LogP contribution in [0.4, 0.5) is 5.69 Å². The van der Waals surface area contributed by atoms with Crippen LogP contribution < -0.4 is 14.8 Å². The van der Waals surface area contributed by atoms with Crippen LogP contribution in [0.3, 0.4) is 0 Å². The normalized spacial score (nSPS) is 18.5. The Morgan fingerprint density at radius 2 is 1.71 bits per heavy atom. The Morgan fingerprint density at radius 3 is 2.38 bits per heavy atom. The highest BCUT2D eigenvalue weighted by Crippen LogP contribution is 2.51. The number of nitriles is 1. The Labute approximate surface area is 198 Å². The average molecular weight is 472 g/mol. The Hall–Kier alpha value is -4.22. The fraction of sp³-hybridized carbons (Fsp3) is 0.115. The molecule has 34 heavy (non-hydrogen) atoms. The molecule has 0 radical (unpaired) electrons. The molecule has 0 spiro atoms. The summed E-state index contributed by atoms with van der Waals surface area (Å²) in [6.07, 6.45) is 0. The van der Waals surface area contributed by atoms with Gasteiger partial charge in [0.2, 0.25) is 5.88 Å². The third kappa shape index (κ3) is 3.38. The van der Waals surface area contributed by atoms with Crippen LogP contribution in [0.2, 0.25) is 0 Å². The van der Waals surface area contributed by atoms with Gasteiger partial charge in [0.05, 0.1) is 25.3 Å². The molecule has 0 fully saturated rings. The molecule has 0 saturated heterocycles. The zero-order valence-electron chi connectivity index (χ0n) is 18.3. The Bertz CT molecular complexity index is 1470. The van der Waals surface area contributed by atoms with E-state index in [0.717, 1.165) is 5.56 Å². The van der Waals surface area contributed by atoms with Crippen molar-refractivity contribution in [3.05, 3.63) is 112 Å². The highest BCUT2D eigenvalue weighted by Gasteiger charge is 2.47. The number of anilines is 1. The van der Waals surface area contributed by atoms with E-state index in [0.29, 0.717) is 22.6 Å². The molecule has 2 aliphatic heterocycles. The van der Waals surface area contributed by atoms with Crippen molar-refractivity contribution in [2.24, 2.45) is 5.73 Å². The Kier molecular flexibility index (Phi) is 5.27. The zero-order chi connectivity index (χ0) is 23.9. The number of methoxy groups -OCH3 is 1. The van der Waals surface area contributed by atoms with Gasteiger partial charge in [0.15, 0.2) is 5.76 Å². The van der Waals surface area contributed by atoms with E-state index in [9.17, 15) is 13.7 Å². The van der Waals surface area contributed by atoms with Crippen LogP contribution in [0.25, 0.3) is 5.76 Å². The monoisotopic (exact) mass is 471 g/mol. The third-order valence-corrected chi connectivity index (χ3v) is 7.86. The van der Waals surface area contributed by atoms with Crippen molar-refractivity contribution in [1.29, 1.82) is 5.26 Å². The van der Waals surface area contributed by atoms with E-state index in [1.165, 1.54) is 4.31 Å². The molecule has 0 saturated carbocycles. The lowest BCUT2D eigenvalue weighted by Gasteiger charge is -2.38. The first kappa shape index (κ1) is 21.6. The summed E-state index contributed by atoms with van der Waals surface area (Å²) in [4.78, 5) is -0.00181. The second-order valence-electron chi connectivity index (χ2n) is 7.91. The topological polar surface area (TPSA) is 106 Å². The molecule has 1 atom stereocenters. The second kappa shape index (κ2) is 8.28. The summed E-state index contributed by atoms with van der Waals surface area (Å²) in [5, 5.41) is 9.93. The zero-order valence-corrected chi connectivity index (χ0v) is 19.1. The number of allylic oxidation sites excluding steroid dienone is 2. The number of para-hydroxylation sites is 1. The van der Waals surface area contributed by atoms with Gasteiger partial charge in [-0.05, 0) is 35.4 Å². The van der Waals surface area contributed by atoms with Gasteiger partial charge >= 0.3 is 0 Å². The predicted molar refractivity (Wildman–Crippen MR) is 129 cm³/mol. The minimum atomic E-state index is -4.10. The van der Waals surface area contributed by atoms with E-state index >= 15 is 0 Å². The summed E-state index contributed by atoms with van der Waals surface area (Å²) >= 11 is 0. The quantitative estimate of drug-likeness (QED) is 0.611. The standard InChI is InChI=1S/C26H21N3O4S/c1-32-19-13-11-18(12-14-19)23-21(15-27)26(28)33-24-20-9-5-6-10-22(20)29(34(30,31)25(23)24)16-17-7-3-2-4-8-17/h2-14,23H,16,28H2,1H3. The number of nitrogens with two attached hydrogens (primary N) is 1. The van der Waals surface area contributed by atoms with Crippen LogP contribution in [0, 0.1) is 11.3 Å². The van der Waals surface area contributed by atoms with Gasteiger partial charge in [-0.1, -0.05) is 54.6 Å². The molecule has 5 rings (SSSR count). The maximum atomic E-state index is 14.2. The van der Waals surface area contributed by atoms with Gasteiger partial charge in [-0.15, -0.1) is 0 Å². The van der Waals surface area contributed by atoms with Gasteiger partial charge in [-0.3, -0.25) is 4.31 Å². The van der Waals surface area contributed by atoms with Crippen LogP contribution in [0.15, 0.2) is 95.2 Å². The number of benzene rings is 3. The van der Waals surface area contributed by atoms with Crippen molar-refractivity contribution < 1.29 is 17.9 Å². The number of rotatable bonds is 4. The molecule has 170 valence electrons. The lowest BCUT2D eigenvalue weighted by Crippen LogP contribution is -2.39. The van der Waals surface area contributed by atoms with Crippen LogP contribution in [0.5, 0.6) is 5.75 Å². The van der Waals surface area contributed by atoms with Gasteiger partial charge in [-0.25, -0.2) is 8.42 Å². The van der Waals surface area contributed by atoms with Crippen LogP contribution in [-0.2, 0) is 21.3 Å². The third-order valence-electron chi connectivity index (χ3n) is 5.98. The van der Waals surface area contributed by atoms with Crippen molar-refractivity contribution in [2.75, 3.05) is 11.4 Å². The maximum absolute atomic E-state index is 14.2. The minimum absolute atomic E-state index is 0.00181. The molecular formula is C26H21N3O4S. The average Bonchev–Trinajstić information content (AvgIpc) is 2.86. The Morgan fingerprint density at radius 1 is 1.03 bits per heavy atom. The molecule has 2 N–H and O–H groups in total. The highest BCUT2D eigenvalue weighted by molar-refractivity contribution is 7.96. The van der Waals surface area contributed by atoms with Crippen molar-refractivity contribution >= 4 is 21.5 Å². The molecule has 3 aromatic rings. The summed E-state index contributed by atoms with van der Waals surface area (Å²) < 4.78 is 40.8. The molecular weight excluding hydrogens is 450 g/mol. The van der Waals surface area contributed by atoms with E-state index in [2.05, 4.69) is 6.07 Å². The largest absolute Gasteiger partial charge is 0.497 e. The molecule has 0 amide bonds. The van der Waals surface area contributed by atoms with Crippen molar-refractivity contribution in [3.63, 3.8) is 0 Å². The van der Waals surface area contributed by atoms with Gasteiger partial charge < -0.3 is 15.2 Å². The van der Waals surface area contributed by atoms with E-state index in [-0.39, 0.29) is 28.7 Å². The second-order valence-corrected chi connectivity index (χ2v) is 9.74. The fourth-order valence-corrected chi connectivity index (χ4v) is 6.27. The summed E-state index contributed by atoms with van der Waals surface area (Å²) in [5.74, 6) is -0.264. The summed E-state index contributed by atoms with van der Waals surface area (Å²) in [5.41, 5.74) is 8.72. The van der Waals surface area contributed by atoms with Crippen molar-refractivity contribution in [1.82, 2.24) is 0 Å². The Balaban J connectivity index is 1.75. The fourth-order valence-electron chi connectivity index (χ4n) is 4.36. The molecule has 0 bridgehead atoms. The van der Waals surface area contributed by atoms with E-state index in [4.69, 9.17) is 15.2 Å². The van der Waals surface area contributed by atoms with E-state index < -0.39 is 15.9 Å². The first-order chi connectivity index (χ1) is 16.5. The number of nitrogens with zero attached hydrogens (tertiary/aromatic N) is 2. The van der Waals surface area contributed by atoms with Gasteiger partial charge in [0, 0.05) is 5.56 Å². The maximum Gasteiger partial charge on any atom is 0.265 e. The number of ether oxygens (including phenoxy) is 2. The molecule has 7 nitrogen and oxygen atoms in total. The molecule has 2 aliphatic rings. The predicted octanol–water partition coefficient (Wildman–Crippen LogP) is 4.22. The molecule has 3 aromatic carbocycles. The van der Waals surface area contributed by atoms with E-state index in [1.54, 1.807) is 49.6 Å². The smallest absolute Gasteiger partial charge is 0.265 e. The molecule has 2 heterocycles. The van der Waals surface area contributed by atoms with Gasteiger partial charge in [0.25, 0.3) is 10.0 Å². The summed E-state index contributed by atoms with van der Waals surface area (Å²) in [7, 11) is -2.55. The molecule has 8 heteroatoms. The number of hydrogen-bond acceptors (Lipinski definition) is 6. The highest BCUT2D eigenvalue weighted by atomic mass is 32.2. The first-order valence-corrected chi connectivity index (χ1v) is 12.0. The van der Waals surface area contributed by atoms with Crippen LogP contribution >= 0.6 is 0 Å². The molecule has 0 aromatic heterocycles. The SMILES string of the molecule is COc1ccc(C2C(C#N)=C(N)OC3=C2S(=O)(=O)N(Cc2ccccc2)c2ccccc23)cc1. The van der Waals surface area contributed by atoms with Crippen molar-refractivity contribution in [3.8, 4) is 11.8 Å². The van der Waals surface area contributed by atoms with Crippen molar-refractivity contribution in [2.45, 2.75) is 12.5 Å². The lowest BCUT2D eigenvalue weighted by molar-refractivity contribution is 0.357. The van der Waals surface area contributed by atoms with E-state index in [1.807, 2.05) is 36.4 Å². The first-order valence-electron chi connectivity index (χ1n) is 10.6. The summed E-state index contributed by atoms with van der Waals surface area (Å²) in [6.45, 7) is 0.132. The lowest BCUT2D eigenvalue weighted by atomic mass is 9.88. The number of sulfonamides is 1. The number of fused-ring (bicyclic) bond motifs is 2. The van der Waals surface area contributed by atoms with Crippen LogP contribution in [-0.4, -0.2) is 15.5 Å². The van der Waals surface area contributed by atoms with Gasteiger partial charge in [-0.2, -0.15) is 5.26 Å². The van der Waals surface area contributed by atoms with Gasteiger partial charge in [0.1, 0.15) is 22.3 Å². The summed E-state index contributed by atoms with van der Waals surface area (Å²) in [6, 6.07) is 25.5. The number of hydrogen-bond donors (Lipinski definition) is 1. The molecule has 1 unspecified atom stereocenters. The van der Waals surface area contributed by atoms with Crippen LogP contribution in [0.1, 0.15) is 22.6 Å². The molecule has 0 aliphatic carbocycles.